The second-order valence-electron chi connectivity index (χ2n) is 4.45. The zero-order chi connectivity index (χ0) is 19.0. The molecule has 140 valence electrons. The summed E-state index contributed by atoms with van der Waals surface area (Å²) in [6.07, 6.45) is -2.02. The molecular weight excluding hydrogens is 429 g/mol. The summed E-state index contributed by atoms with van der Waals surface area (Å²) < 4.78 is 47.7. The van der Waals surface area contributed by atoms with Gasteiger partial charge in [-0.25, -0.2) is 0 Å². The molecule has 0 N–H and O–H groups in total. The van der Waals surface area contributed by atoms with E-state index in [1.54, 1.807) is 0 Å². The maximum Gasteiger partial charge on any atom is 0.318 e. The molecule has 0 aliphatic heterocycles. The van der Waals surface area contributed by atoms with E-state index in [2.05, 4.69) is 0 Å². The van der Waals surface area contributed by atoms with E-state index in [9.17, 15) is 18.1 Å². The lowest BCUT2D eigenvalue weighted by Crippen LogP contribution is -2.30. The second kappa shape index (κ2) is 10.9. The van der Waals surface area contributed by atoms with Gasteiger partial charge in [0.25, 0.3) is 0 Å². The number of nitrogens with zero attached hydrogens (tertiary/aromatic N) is 1. The van der Waals surface area contributed by atoms with Gasteiger partial charge < -0.3 is 9.47 Å². The van der Waals surface area contributed by atoms with E-state index in [0.717, 1.165) is 0 Å². The van der Waals surface area contributed by atoms with Crippen LogP contribution in [0.25, 0.3) is 0 Å². The van der Waals surface area contributed by atoms with Gasteiger partial charge in [0.05, 0.1) is 23.2 Å². The maximum atomic E-state index is 13.0. The molecule has 0 fully saturated rings. The van der Waals surface area contributed by atoms with E-state index < -0.39 is 24.0 Å². The summed E-state index contributed by atoms with van der Waals surface area (Å²) in [5.41, 5.74) is 0. The molecule has 1 aromatic rings. The summed E-state index contributed by atoms with van der Waals surface area (Å²) >= 11 is 22.9. The van der Waals surface area contributed by atoms with Gasteiger partial charge in [0, 0.05) is 18.6 Å². The first-order valence-corrected chi connectivity index (χ1v) is 8.24. The lowest BCUT2D eigenvalue weighted by atomic mass is 10.3. The molecule has 0 aliphatic carbocycles. The van der Waals surface area contributed by atoms with Crippen LogP contribution in [0.2, 0.25) is 10.0 Å². The Morgan fingerprint density at radius 3 is 2.32 bits per heavy atom. The largest absolute Gasteiger partial charge is 0.490 e. The zero-order valence-corrected chi connectivity index (χ0v) is 15.5. The van der Waals surface area contributed by atoms with Crippen LogP contribution >= 0.6 is 46.4 Å². The van der Waals surface area contributed by atoms with Crippen LogP contribution in [-0.2, 0) is 4.79 Å². The summed E-state index contributed by atoms with van der Waals surface area (Å²) in [5.74, 6) is -1.44. The molecule has 1 aromatic carbocycles. The van der Waals surface area contributed by atoms with Crippen molar-refractivity contribution in [3.8, 4) is 11.5 Å². The van der Waals surface area contributed by atoms with Crippen LogP contribution in [0.4, 0.5) is 13.3 Å². The number of ether oxygens (including phenoxy) is 2. The molecule has 1 amide bonds. The lowest BCUT2D eigenvalue weighted by molar-refractivity contribution is -0.159. The Hall–Kier alpha value is -1.02. The van der Waals surface area contributed by atoms with E-state index in [1.165, 1.54) is 18.2 Å². The molecule has 0 bridgehead atoms. The molecule has 0 unspecified atom stereocenters. The number of alkyl halides is 2. The normalized spacial score (nSPS) is 10.6. The van der Waals surface area contributed by atoms with Gasteiger partial charge in [0.2, 0.25) is 0 Å². The van der Waals surface area contributed by atoms with Gasteiger partial charge in [-0.15, -0.1) is 0 Å². The first kappa shape index (κ1) is 22.0. The molecule has 0 aromatic heterocycles. The summed E-state index contributed by atoms with van der Waals surface area (Å²) in [6.45, 7) is -0.550. The highest BCUT2D eigenvalue weighted by atomic mass is 35.5. The molecule has 0 saturated carbocycles. The summed E-state index contributed by atoms with van der Waals surface area (Å²) in [4.78, 5) is 10.7. The Labute approximate surface area is 161 Å². The third-order valence-corrected chi connectivity index (χ3v) is 3.50. The van der Waals surface area contributed by atoms with Crippen molar-refractivity contribution < 1.29 is 27.5 Å². The maximum absolute atomic E-state index is 13.0. The molecular formula is C14H12Cl4F3NO3. The lowest BCUT2D eigenvalue weighted by Gasteiger charge is -2.14. The molecule has 25 heavy (non-hydrogen) atoms. The van der Waals surface area contributed by atoms with E-state index in [1.807, 2.05) is 0 Å². The Morgan fingerprint density at radius 1 is 1.20 bits per heavy atom. The van der Waals surface area contributed by atoms with Crippen LogP contribution in [-0.4, -0.2) is 37.2 Å². The van der Waals surface area contributed by atoms with Crippen LogP contribution in [0.1, 0.15) is 6.42 Å². The van der Waals surface area contributed by atoms with E-state index in [-0.39, 0.29) is 39.9 Å². The number of carbonyl (C=O) groups is 1. The van der Waals surface area contributed by atoms with Gasteiger partial charge >= 0.3 is 12.3 Å². The number of halogens is 7. The summed E-state index contributed by atoms with van der Waals surface area (Å²) in [7, 11) is 0. The van der Waals surface area contributed by atoms with Crippen molar-refractivity contribution in [2.75, 3.05) is 19.8 Å². The topological polar surface area (TPSA) is 38.8 Å². The van der Waals surface area contributed by atoms with Crippen molar-refractivity contribution in [2.24, 2.45) is 0 Å². The number of hydrogen-bond donors (Lipinski definition) is 0. The summed E-state index contributed by atoms with van der Waals surface area (Å²) in [6, 6.07) is 2.86. The predicted molar refractivity (Wildman–Crippen MR) is 90.7 cm³/mol. The van der Waals surface area contributed by atoms with E-state index in [4.69, 9.17) is 55.9 Å². The Bertz CT molecular complexity index is 604. The van der Waals surface area contributed by atoms with Crippen molar-refractivity contribution in [3.63, 3.8) is 0 Å². The molecule has 0 atom stereocenters. The van der Waals surface area contributed by atoms with Gasteiger partial charge in [0.15, 0.2) is 5.75 Å². The zero-order valence-electron chi connectivity index (χ0n) is 12.5. The molecule has 0 aliphatic rings. The van der Waals surface area contributed by atoms with Gasteiger partial charge in [0.1, 0.15) is 16.8 Å². The number of rotatable bonds is 9. The third kappa shape index (κ3) is 7.81. The van der Waals surface area contributed by atoms with E-state index in [0.29, 0.717) is 5.75 Å². The number of benzene rings is 1. The molecule has 0 radical (unpaired) electrons. The first-order valence-electron chi connectivity index (χ1n) is 6.73. The van der Waals surface area contributed by atoms with Crippen LogP contribution < -0.4 is 9.47 Å². The standard InChI is InChI=1S/C14H12Cl4F3NO3/c15-9-6-8(24-5-2-11(17)18)7-10(16)12(9)25-4-1-3-22(21)14(23)13(19)20/h2,6-7,13H,1,3-5H2. The fourth-order valence-corrected chi connectivity index (χ4v) is 2.25. The highest BCUT2D eigenvalue weighted by Crippen LogP contribution is 2.37. The molecule has 0 saturated heterocycles. The second-order valence-corrected chi connectivity index (χ2v) is 6.27. The van der Waals surface area contributed by atoms with Gasteiger partial charge in [-0.2, -0.15) is 13.9 Å². The third-order valence-electron chi connectivity index (χ3n) is 2.63. The highest BCUT2D eigenvalue weighted by molar-refractivity contribution is 6.55. The average Bonchev–Trinajstić information content (AvgIpc) is 2.51. The molecule has 0 spiro atoms. The Kier molecular flexibility index (Phi) is 9.56. The van der Waals surface area contributed by atoms with Gasteiger partial charge in [-0.05, 0) is 6.08 Å². The summed E-state index contributed by atoms with van der Waals surface area (Å²) in [5, 5.41) is -0.308. The van der Waals surface area contributed by atoms with E-state index >= 15 is 0 Å². The van der Waals surface area contributed by atoms with Gasteiger partial charge in [-0.3, -0.25) is 4.79 Å². The van der Waals surface area contributed by atoms with Crippen molar-refractivity contribution in [2.45, 2.75) is 12.8 Å². The van der Waals surface area contributed by atoms with Crippen molar-refractivity contribution in [1.82, 2.24) is 5.12 Å². The minimum atomic E-state index is -3.40. The van der Waals surface area contributed by atoms with Crippen LogP contribution in [0, 0.1) is 0 Å². The monoisotopic (exact) mass is 439 g/mol. The number of amides is 1. The minimum absolute atomic E-state index is 0.0428. The van der Waals surface area contributed by atoms with Crippen LogP contribution in [0.5, 0.6) is 11.5 Å². The Morgan fingerprint density at radius 2 is 1.80 bits per heavy atom. The number of carbonyl (C=O) groups excluding carboxylic acids is 1. The van der Waals surface area contributed by atoms with Crippen molar-refractivity contribution in [3.05, 3.63) is 32.7 Å². The fourth-order valence-electron chi connectivity index (χ4n) is 1.55. The average molecular weight is 441 g/mol. The Balaban J connectivity index is 2.54. The predicted octanol–water partition coefficient (Wildman–Crippen LogP) is 5.44. The van der Waals surface area contributed by atoms with Crippen LogP contribution in [0.3, 0.4) is 0 Å². The molecule has 1 rings (SSSR count). The highest BCUT2D eigenvalue weighted by Gasteiger charge is 2.23. The van der Waals surface area contributed by atoms with Gasteiger partial charge in [-0.1, -0.05) is 50.9 Å². The number of hydrogen-bond acceptors (Lipinski definition) is 3. The van der Waals surface area contributed by atoms with Crippen LogP contribution in [0.15, 0.2) is 22.7 Å². The molecule has 0 heterocycles. The SMILES string of the molecule is O=C(C(F)F)N(F)CCCOc1c(Cl)cc(OCC=C(Cl)Cl)cc1Cl. The smallest absolute Gasteiger partial charge is 0.318 e. The first-order chi connectivity index (χ1) is 11.7. The molecule has 4 nitrogen and oxygen atoms in total. The fraction of sp³-hybridized carbons (Fsp3) is 0.357. The van der Waals surface area contributed by atoms with Crippen molar-refractivity contribution in [1.29, 1.82) is 0 Å². The minimum Gasteiger partial charge on any atom is -0.490 e. The van der Waals surface area contributed by atoms with Crippen molar-refractivity contribution >= 4 is 52.3 Å². The molecule has 11 heteroatoms. The quantitative estimate of drug-likeness (QED) is 0.379.